The van der Waals surface area contributed by atoms with Crippen molar-refractivity contribution >= 4 is 17.8 Å². The number of urea groups is 1. The highest BCUT2D eigenvalue weighted by molar-refractivity contribution is 6.08. The van der Waals surface area contributed by atoms with Crippen LogP contribution in [0.1, 0.15) is 28.8 Å². The molecule has 2 aromatic carbocycles. The summed E-state index contributed by atoms with van der Waals surface area (Å²) in [6.07, 6.45) is 1.10. The Morgan fingerprint density at radius 1 is 1.10 bits per heavy atom. The van der Waals surface area contributed by atoms with Crippen molar-refractivity contribution in [3.05, 3.63) is 59.7 Å². The number of nitrogens with one attached hydrogen (secondary N) is 1. The molecule has 1 spiro atoms. The number of rotatable bonds is 5. The lowest BCUT2D eigenvalue weighted by Gasteiger charge is -2.38. The van der Waals surface area contributed by atoms with Crippen LogP contribution in [0.2, 0.25) is 0 Å². The number of hydrogen-bond acceptors (Lipinski definition) is 5. The number of likely N-dealkylation sites (tertiary alicyclic amines) is 1. The molecule has 31 heavy (non-hydrogen) atoms. The van der Waals surface area contributed by atoms with Crippen molar-refractivity contribution in [1.29, 1.82) is 0 Å². The third-order valence-electron chi connectivity index (χ3n) is 5.85. The highest BCUT2D eigenvalue weighted by Gasteiger charge is 2.53. The van der Waals surface area contributed by atoms with Crippen molar-refractivity contribution in [2.24, 2.45) is 0 Å². The Kier molecular flexibility index (Phi) is 5.54. The minimum Gasteiger partial charge on any atom is -0.497 e. The van der Waals surface area contributed by atoms with Crippen molar-refractivity contribution < 1.29 is 23.9 Å². The lowest BCUT2D eigenvalue weighted by molar-refractivity contribution is -0.133. The van der Waals surface area contributed by atoms with Gasteiger partial charge in [0.15, 0.2) is 0 Å². The molecule has 2 heterocycles. The van der Waals surface area contributed by atoms with Gasteiger partial charge in [0.1, 0.15) is 17.0 Å². The van der Waals surface area contributed by atoms with Gasteiger partial charge < -0.3 is 19.7 Å². The van der Waals surface area contributed by atoms with Crippen LogP contribution in [0.3, 0.4) is 0 Å². The smallest absolute Gasteiger partial charge is 0.325 e. The summed E-state index contributed by atoms with van der Waals surface area (Å²) in [6, 6.07) is 13.9. The van der Waals surface area contributed by atoms with E-state index < -0.39 is 11.6 Å². The Hall–Kier alpha value is -3.55. The molecule has 4 amide bonds. The second kappa shape index (κ2) is 8.29. The molecule has 1 unspecified atom stereocenters. The molecule has 162 valence electrons. The van der Waals surface area contributed by atoms with Crippen LogP contribution >= 0.6 is 0 Å². The van der Waals surface area contributed by atoms with E-state index >= 15 is 0 Å². The van der Waals surface area contributed by atoms with Crippen molar-refractivity contribution in [3.8, 4) is 11.5 Å². The number of hydrogen-bond donors (Lipinski definition) is 1. The SMILES string of the molecule is COc1ccc(C(=O)N2CCCC3(C2)NC(=O)N(Cc2ccccc2)C3=O)c(OC)c1. The zero-order valence-corrected chi connectivity index (χ0v) is 17.6. The van der Waals surface area contributed by atoms with Crippen LogP contribution in [-0.2, 0) is 11.3 Å². The first-order valence-corrected chi connectivity index (χ1v) is 10.2. The van der Waals surface area contributed by atoms with Gasteiger partial charge in [-0.2, -0.15) is 0 Å². The van der Waals surface area contributed by atoms with Gasteiger partial charge in [0, 0.05) is 12.6 Å². The molecule has 2 aliphatic rings. The molecule has 0 aromatic heterocycles. The summed E-state index contributed by atoms with van der Waals surface area (Å²) < 4.78 is 10.6. The average molecular weight is 423 g/mol. The normalized spacial score (nSPS) is 20.7. The summed E-state index contributed by atoms with van der Waals surface area (Å²) in [7, 11) is 3.03. The van der Waals surface area contributed by atoms with Crippen LogP contribution in [0.15, 0.2) is 48.5 Å². The van der Waals surface area contributed by atoms with E-state index in [1.54, 1.807) is 30.2 Å². The molecule has 0 saturated carbocycles. The van der Waals surface area contributed by atoms with E-state index in [1.165, 1.54) is 12.0 Å². The van der Waals surface area contributed by atoms with Gasteiger partial charge in [-0.1, -0.05) is 30.3 Å². The van der Waals surface area contributed by atoms with Gasteiger partial charge in [0.25, 0.3) is 11.8 Å². The molecule has 8 heteroatoms. The third-order valence-corrected chi connectivity index (χ3v) is 5.85. The quantitative estimate of drug-likeness (QED) is 0.747. The van der Waals surface area contributed by atoms with E-state index in [0.29, 0.717) is 36.4 Å². The second-order valence-corrected chi connectivity index (χ2v) is 7.79. The summed E-state index contributed by atoms with van der Waals surface area (Å²) in [5.74, 6) is 0.442. The molecule has 4 rings (SSSR count). The molecule has 2 aliphatic heterocycles. The predicted octanol–water partition coefficient (Wildman–Crippen LogP) is 2.43. The Morgan fingerprint density at radius 2 is 1.87 bits per heavy atom. The molecule has 2 fully saturated rings. The number of amides is 4. The standard InChI is InChI=1S/C23H25N3O5/c1-30-17-9-10-18(19(13-17)31-2)20(27)25-12-6-11-23(15-25)21(28)26(22(29)24-23)14-16-7-4-3-5-8-16/h3-5,7-10,13H,6,11-12,14-15H2,1-2H3,(H,24,29). The lowest BCUT2D eigenvalue weighted by Crippen LogP contribution is -2.59. The van der Waals surface area contributed by atoms with E-state index in [1.807, 2.05) is 30.3 Å². The summed E-state index contributed by atoms with van der Waals surface area (Å²) in [6.45, 7) is 0.821. The Balaban J connectivity index is 1.55. The maximum Gasteiger partial charge on any atom is 0.325 e. The van der Waals surface area contributed by atoms with Crippen LogP contribution in [-0.4, -0.2) is 60.5 Å². The highest BCUT2D eigenvalue weighted by Crippen LogP contribution is 2.32. The molecule has 1 N–H and O–H groups in total. The first-order valence-electron chi connectivity index (χ1n) is 10.2. The topological polar surface area (TPSA) is 88.2 Å². The Morgan fingerprint density at radius 3 is 2.58 bits per heavy atom. The van der Waals surface area contributed by atoms with Crippen molar-refractivity contribution in [1.82, 2.24) is 15.1 Å². The van der Waals surface area contributed by atoms with Gasteiger partial charge in [-0.15, -0.1) is 0 Å². The van der Waals surface area contributed by atoms with Gasteiger partial charge in [-0.25, -0.2) is 4.79 Å². The number of nitrogens with zero attached hydrogens (tertiary/aromatic N) is 2. The summed E-state index contributed by atoms with van der Waals surface area (Å²) >= 11 is 0. The zero-order valence-electron chi connectivity index (χ0n) is 17.6. The molecule has 1 atom stereocenters. The summed E-state index contributed by atoms with van der Waals surface area (Å²) in [4.78, 5) is 42.0. The molecular weight excluding hydrogens is 398 g/mol. The van der Waals surface area contributed by atoms with Crippen LogP contribution in [0.25, 0.3) is 0 Å². The van der Waals surface area contributed by atoms with E-state index in [4.69, 9.17) is 9.47 Å². The van der Waals surface area contributed by atoms with Crippen molar-refractivity contribution in [2.75, 3.05) is 27.3 Å². The van der Waals surface area contributed by atoms with Crippen LogP contribution in [0.5, 0.6) is 11.5 Å². The summed E-state index contributed by atoms with van der Waals surface area (Å²) in [5.41, 5.74) is 0.160. The van der Waals surface area contributed by atoms with Gasteiger partial charge in [0.2, 0.25) is 0 Å². The number of methoxy groups -OCH3 is 2. The summed E-state index contributed by atoms with van der Waals surface area (Å²) in [5, 5.41) is 2.86. The van der Waals surface area contributed by atoms with E-state index in [2.05, 4.69) is 5.32 Å². The zero-order chi connectivity index (χ0) is 22.0. The molecular formula is C23H25N3O5. The third kappa shape index (κ3) is 3.81. The number of benzene rings is 2. The lowest BCUT2D eigenvalue weighted by atomic mass is 9.88. The monoisotopic (exact) mass is 423 g/mol. The fourth-order valence-corrected chi connectivity index (χ4v) is 4.24. The number of carbonyl (C=O) groups excluding carboxylic acids is 3. The number of carbonyl (C=O) groups is 3. The molecule has 0 aliphatic carbocycles. The van der Waals surface area contributed by atoms with E-state index in [-0.39, 0.29) is 24.9 Å². The minimum atomic E-state index is -1.10. The Bertz CT molecular complexity index is 1010. The van der Waals surface area contributed by atoms with E-state index in [9.17, 15) is 14.4 Å². The maximum absolute atomic E-state index is 13.3. The average Bonchev–Trinajstić information content (AvgIpc) is 3.02. The number of imide groups is 1. The van der Waals surface area contributed by atoms with E-state index in [0.717, 1.165) is 5.56 Å². The fraction of sp³-hybridized carbons (Fsp3) is 0.348. The maximum atomic E-state index is 13.3. The van der Waals surface area contributed by atoms with Crippen LogP contribution < -0.4 is 14.8 Å². The van der Waals surface area contributed by atoms with Crippen LogP contribution in [0.4, 0.5) is 4.79 Å². The number of piperidine rings is 1. The first kappa shape index (κ1) is 20.7. The molecule has 0 radical (unpaired) electrons. The van der Waals surface area contributed by atoms with Crippen LogP contribution in [0, 0.1) is 0 Å². The first-order chi connectivity index (χ1) is 15.0. The van der Waals surface area contributed by atoms with Crippen molar-refractivity contribution in [3.63, 3.8) is 0 Å². The van der Waals surface area contributed by atoms with Gasteiger partial charge in [-0.05, 0) is 30.5 Å². The van der Waals surface area contributed by atoms with Gasteiger partial charge >= 0.3 is 6.03 Å². The second-order valence-electron chi connectivity index (χ2n) is 7.79. The Labute approximate surface area is 180 Å². The largest absolute Gasteiger partial charge is 0.497 e. The molecule has 0 bridgehead atoms. The number of ether oxygens (including phenoxy) is 2. The van der Waals surface area contributed by atoms with Gasteiger partial charge in [0.05, 0.1) is 32.9 Å². The molecule has 8 nitrogen and oxygen atoms in total. The van der Waals surface area contributed by atoms with Gasteiger partial charge in [-0.3, -0.25) is 14.5 Å². The minimum absolute atomic E-state index is 0.122. The fourth-order valence-electron chi connectivity index (χ4n) is 4.24. The molecule has 2 aromatic rings. The molecule has 2 saturated heterocycles. The van der Waals surface area contributed by atoms with Crippen molar-refractivity contribution in [2.45, 2.75) is 24.9 Å². The predicted molar refractivity (Wildman–Crippen MR) is 113 cm³/mol. The highest BCUT2D eigenvalue weighted by atomic mass is 16.5.